The van der Waals surface area contributed by atoms with E-state index in [1.807, 2.05) is 24.3 Å². The third kappa shape index (κ3) is 3.70. The maximum Gasteiger partial charge on any atom is 0.265 e. The van der Waals surface area contributed by atoms with Gasteiger partial charge in [-0.1, -0.05) is 27.3 Å². The Morgan fingerprint density at radius 3 is 2.76 bits per heavy atom. The van der Waals surface area contributed by atoms with Crippen molar-refractivity contribution in [3.8, 4) is 5.69 Å². The van der Waals surface area contributed by atoms with E-state index in [4.69, 9.17) is 22.7 Å². The fourth-order valence-electron chi connectivity index (χ4n) is 1.73. The first kappa shape index (κ1) is 16.2. The molecule has 0 aliphatic heterocycles. The molecule has 1 amide bonds. The Balaban J connectivity index is 2.31. The maximum atomic E-state index is 12.1. The first-order chi connectivity index (χ1) is 10.0. The summed E-state index contributed by atoms with van der Waals surface area (Å²) in [6, 6.07) is 7.56. The van der Waals surface area contributed by atoms with Gasteiger partial charge in [-0.2, -0.15) is 0 Å². The number of hydrogen-bond acceptors (Lipinski definition) is 5. The molecule has 0 spiro atoms. The molecule has 0 bridgehead atoms. The zero-order chi connectivity index (χ0) is 15.4. The number of thiazole rings is 1. The fraction of sp³-hybridized carbons (Fsp3) is 0.231. The number of carbonyl (C=O) groups excluding carboxylic acids is 1. The van der Waals surface area contributed by atoms with E-state index in [1.54, 1.807) is 11.7 Å². The summed E-state index contributed by atoms with van der Waals surface area (Å²) in [5, 5.41) is 2.74. The largest absolute Gasteiger partial charge is 0.383 e. The average molecular weight is 388 g/mol. The Morgan fingerprint density at radius 2 is 2.14 bits per heavy atom. The number of nitrogens with zero attached hydrogens (tertiary/aromatic N) is 1. The van der Waals surface area contributed by atoms with Gasteiger partial charge >= 0.3 is 0 Å². The van der Waals surface area contributed by atoms with Gasteiger partial charge in [0, 0.05) is 23.8 Å². The minimum atomic E-state index is -0.239. The highest BCUT2D eigenvalue weighted by atomic mass is 79.9. The average Bonchev–Trinajstić information content (AvgIpc) is 2.76. The molecule has 5 nitrogen and oxygen atoms in total. The molecule has 21 heavy (non-hydrogen) atoms. The molecule has 0 aliphatic carbocycles. The third-order valence-corrected chi connectivity index (χ3v) is 4.65. The lowest BCUT2D eigenvalue weighted by atomic mass is 10.3. The van der Waals surface area contributed by atoms with Crippen LogP contribution < -0.4 is 11.1 Å². The first-order valence-electron chi connectivity index (χ1n) is 6.09. The summed E-state index contributed by atoms with van der Waals surface area (Å²) < 4.78 is 8.08. The van der Waals surface area contributed by atoms with Gasteiger partial charge in [0.15, 0.2) is 3.95 Å². The van der Waals surface area contributed by atoms with Gasteiger partial charge in [0.25, 0.3) is 5.91 Å². The van der Waals surface area contributed by atoms with Crippen LogP contribution in [0.15, 0.2) is 28.7 Å². The molecule has 0 fully saturated rings. The fourth-order valence-corrected chi connectivity index (χ4v) is 3.28. The van der Waals surface area contributed by atoms with Crippen molar-refractivity contribution in [2.75, 3.05) is 26.0 Å². The van der Waals surface area contributed by atoms with Crippen LogP contribution in [0.5, 0.6) is 0 Å². The molecule has 0 unspecified atom stereocenters. The lowest BCUT2D eigenvalue weighted by Crippen LogP contribution is -2.27. The Labute approximate surface area is 139 Å². The summed E-state index contributed by atoms with van der Waals surface area (Å²) in [4.78, 5) is 12.5. The summed E-state index contributed by atoms with van der Waals surface area (Å²) >= 11 is 9.89. The monoisotopic (exact) mass is 387 g/mol. The summed E-state index contributed by atoms with van der Waals surface area (Å²) in [6.07, 6.45) is 0. The van der Waals surface area contributed by atoms with E-state index in [1.165, 1.54) is 11.3 Å². The van der Waals surface area contributed by atoms with Crippen molar-refractivity contribution in [2.45, 2.75) is 0 Å². The van der Waals surface area contributed by atoms with Crippen LogP contribution in [0.25, 0.3) is 5.69 Å². The number of nitrogens with one attached hydrogen (secondary N) is 1. The van der Waals surface area contributed by atoms with Gasteiger partial charge in [-0.3, -0.25) is 9.36 Å². The van der Waals surface area contributed by atoms with E-state index in [-0.39, 0.29) is 5.91 Å². The van der Waals surface area contributed by atoms with Gasteiger partial charge in [0.1, 0.15) is 10.7 Å². The molecule has 0 saturated heterocycles. The SMILES string of the molecule is COCCNC(=O)c1sc(=S)n(-c2ccc(Br)cc2)c1N. The topological polar surface area (TPSA) is 69.3 Å². The van der Waals surface area contributed by atoms with Crippen molar-refractivity contribution in [3.63, 3.8) is 0 Å². The van der Waals surface area contributed by atoms with Gasteiger partial charge in [-0.15, -0.1) is 0 Å². The van der Waals surface area contributed by atoms with Crippen molar-refractivity contribution in [1.29, 1.82) is 0 Å². The molecule has 0 radical (unpaired) electrons. The van der Waals surface area contributed by atoms with Crippen molar-refractivity contribution in [1.82, 2.24) is 9.88 Å². The number of ether oxygens (including phenoxy) is 1. The van der Waals surface area contributed by atoms with Crippen LogP contribution in [0.3, 0.4) is 0 Å². The number of aromatic nitrogens is 1. The molecule has 112 valence electrons. The minimum Gasteiger partial charge on any atom is -0.383 e. The minimum absolute atomic E-state index is 0.239. The van der Waals surface area contributed by atoms with Crippen molar-refractivity contribution in [3.05, 3.63) is 37.6 Å². The lowest BCUT2D eigenvalue weighted by molar-refractivity contribution is 0.0941. The second-order valence-electron chi connectivity index (χ2n) is 4.14. The van der Waals surface area contributed by atoms with E-state index in [9.17, 15) is 4.79 Å². The number of halogens is 1. The number of anilines is 1. The van der Waals surface area contributed by atoms with Gasteiger partial charge in [-0.25, -0.2) is 0 Å². The molecule has 0 saturated carbocycles. The van der Waals surface area contributed by atoms with Crippen molar-refractivity contribution >= 4 is 51.2 Å². The van der Waals surface area contributed by atoms with Gasteiger partial charge < -0.3 is 15.8 Å². The molecule has 2 aromatic rings. The predicted molar refractivity (Wildman–Crippen MR) is 90.8 cm³/mol. The second-order valence-corrected chi connectivity index (χ2v) is 6.70. The first-order valence-corrected chi connectivity index (χ1v) is 8.10. The van der Waals surface area contributed by atoms with Gasteiger partial charge in [-0.05, 0) is 36.5 Å². The van der Waals surface area contributed by atoms with Gasteiger partial charge in [0.2, 0.25) is 0 Å². The van der Waals surface area contributed by atoms with Crippen LogP contribution in [0.4, 0.5) is 5.82 Å². The summed E-state index contributed by atoms with van der Waals surface area (Å²) in [7, 11) is 1.58. The number of rotatable bonds is 5. The zero-order valence-electron chi connectivity index (χ0n) is 11.3. The lowest BCUT2D eigenvalue weighted by Gasteiger charge is -2.07. The number of nitrogens with two attached hydrogens (primary N) is 1. The van der Waals surface area contributed by atoms with Crippen LogP contribution in [0, 0.1) is 3.95 Å². The molecule has 3 N–H and O–H groups in total. The number of benzene rings is 1. The van der Waals surface area contributed by atoms with Crippen LogP contribution in [-0.4, -0.2) is 30.7 Å². The Hall–Kier alpha value is -1.22. The van der Waals surface area contributed by atoms with Gasteiger partial charge in [0.05, 0.1) is 6.61 Å². The quantitative estimate of drug-likeness (QED) is 0.611. The van der Waals surface area contributed by atoms with E-state index >= 15 is 0 Å². The normalized spacial score (nSPS) is 10.6. The number of carbonyl (C=O) groups is 1. The Bertz CT molecular complexity index is 694. The third-order valence-electron chi connectivity index (χ3n) is 2.73. The molecule has 2 rings (SSSR count). The van der Waals surface area contributed by atoms with Crippen LogP contribution in [0.2, 0.25) is 0 Å². The molecule has 1 aromatic heterocycles. The predicted octanol–water partition coefficient (Wildman–Crippen LogP) is 2.99. The highest BCUT2D eigenvalue weighted by molar-refractivity contribution is 9.10. The highest BCUT2D eigenvalue weighted by Gasteiger charge is 2.17. The van der Waals surface area contributed by atoms with E-state index in [0.29, 0.717) is 27.8 Å². The smallest absolute Gasteiger partial charge is 0.265 e. The number of methoxy groups -OCH3 is 1. The molecular weight excluding hydrogens is 374 g/mol. The Morgan fingerprint density at radius 1 is 1.48 bits per heavy atom. The molecule has 1 aromatic carbocycles. The van der Waals surface area contributed by atoms with Crippen LogP contribution in [0.1, 0.15) is 9.67 Å². The Kier molecular flexibility index (Phi) is 5.51. The highest BCUT2D eigenvalue weighted by Crippen LogP contribution is 2.26. The molecule has 8 heteroatoms. The summed E-state index contributed by atoms with van der Waals surface area (Å²) in [6.45, 7) is 0.877. The van der Waals surface area contributed by atoms with Crippen LogP contribution >= 0.6 is 39.5 Å². The standard InChI is InChI=1S/C13H14BrN3O2S2/c1-19-7-6-16-12(18)10-11(15)17(13(20)21-10)9-4-2-8(14)3-5-9/h2-5H,6-7,15H2,1H3,(H,16,18). The second kappa shape index (κ2) is 7.17. The summed E-state index contributed by atoms with van der Waals surface area (Å²) in [5.41, 5.74) is 6.91. The summed E-state index contributed by atoms with van der Waals surface area (Å²) in [5.74, 6) is 0.110. The number of hydrogen-bond donors (Lipinski definition) is 2. The number of nitrogen functional groups attached to an aromatic ring is 1. The van der Waals surface area contributed by atoms with E-state index < -0.39 is 0 Å². The molecule has 0 aliphatic rings. The van der Waals surface area contributed by atoms with E-state index in [0.717, 1.165) is 10.2 Å². The molecule has 1 heterocycles. The van der Waals surface area contributed by atoms with E-state index in [2.05, 4.69) is 21.2 Å². The molecular formula is C13H14BrN3O2S2. The zero-order valence-corrected chi connectivity index (χ0v) is 14.5. The maximum absolute atomic E-state index is 12.1. The number of amides is 1. The van der Waals surface area contributed by atoms with Crippen LogP contribution in [-0.2, 0) is 4.74 Å². The molecule has 0 atom stereocenters. The van der Waals surface area contributed by atoms with Crippen molar-refractivity contribution < 1.29 is 9.53 Å². The van der Waals surface area contributed by atoms with Crippen molar-refractivity contribution in [2.24, 2.45) is 0 Å².